The number of anilines is 3. The molecule has 0 atom stereocenters. The van der Waals surface area contributed by atoms with E-state index in [4.69, 9.17) is 9.47 Å². The van der Waals surface area contributed by atoms with Gasteiger partial charge < -0.3 is 14.4 Å². The van der Waals surface area contributed by atoms with Gasteiger partial charge in [-0.1, -0.05) is 194 Å². The molecule has 0 N–H and O–H groups in total. The summed E-state index contributed by atoms with van der Waals surface area (Å²) in [5.74, 6) is 1.66. The second-order valence-electron chi connectivity index (χ2n) is 20.5. The minimum Gasteiger partial charge on any atom is -0.497 e. The van der Waals surface area contributed by atoms with Crippen molar-refractivity contribution in [1.29, 1.82) is 0 Å². The summed E-state index contributed by atoms with van der Waals surface area (Å²) in [6.45, 7) is 0. The third kappa shape index (κ3) is 6.32. The van der Waals surface area contributed by atoms with Crippen molar-refractivity contribution in [3.63, 3.8) is 0 Å². The van der Waals surface area contributed by atoms with Crippen LogP contribution in [0.4, 0.5) is 17.1 Å². The first kappa shape index (κ1) is 43.4. The van der Waals surface area contributed by atoms with Crippen LogP contribution in [0, 0.1) is 0 Å². The Morgan fingerprint density at radius 1 is 0.234 bits per heavy atom. The average Bonchev–Trinajstić information content (AvgIpc) is 3.79. The number of rotatable bonds is 9. The molecule has 16 aromatic rings. The van der Waals surface area contributed by atoms with E-state index < -0.39 is 0 Å². The first-order chi connectivity index (χ1) is 38.1. The van der Waals surface area contributed by atoms with Gasteiger partial charge in [-0.15, -0.1) is 0 Å². The van der Waals surface area contributed by atoms with Crippen LogP contribution < -0.4 is 14.4 Å². The minimum absolute atomic E-state index is 0.829. The van der Waals surface area contributed by atoms with Crippen molar-refractivity contribution in [3.05, 3.63) is 249 Å². The Bertz CT molecular complexity index is 4670. The van der Waals surface area contributed by atoms with Gasteiger partial charge in [0.25, 0.3) is 0 Å². The van der Waals surface area contributed by atoms with Crippen LogP contribution in [0.2, 0.25) is 0 Å². The van der Waals surface area contributed by atoms with Gasteiger partial charge in [-0.3, -0.25) is 0 Å². The maximum atomic E-state index is 5.83. The van der Waals surface area contributed by atoms with Gasteiger partial charge in [0.05, 0.1) is 19.9 Å². The van der Waals surface area contributed by atoms with E-state index >= 15 is 0 Å². The predicted octanol–water partition coefficient (Wildman–Crippen LogP) is 20.5. The Morgan fingerprint density at radius 2 is 0.584 bits per heavy atom. The third-order valence-corrected chi connectivity index (χ3v) is 16.7. The largest absolute Gasteiger partial charge is 0.497 e. The summed E-state index contributed by atoms with van der Waals surface area (Å²) in [7, 11) is 3.49. The van der Waals surface area contributed by atoms with E-state index in [0.29, 0.717) is 0 Å². The molecule has 0 aliphatic rings. The molecule has 0 aromatic heterocycles. The van der Waals surface area contributed by atoms with Gasteiger partial charge in [-0.25, -0.2) is 0 Å². The van der Waals surface area contributed by atoms with Crippen LogP contribution in [0.25, 0.3) is 141 Å². The highest BCUT2D eigenvalue weighted by atomic mass is 16.5. The molecular formula is C74H47NO2. The van der Waals surface area contributed by atoms with Gasteiger partial charge in [0.1, 0.15) is 11.5 Å². The lowest BCUT2D eigenvalue weighted by atomic mass is 9.87. The molecule has 3 nitrogen and oxygen atoms in total. The fraction of sp³-hybridized carbons (Fsp3) is 0.0270. The zero-order chi connectivity index (χ0) is 50.9. The Labute approximate surface area is 445 Å². The molecule has 0 bridgehead atoms. The number of benzene rings is 14. The van der Waals surface area contributed by atoms with Crippen LogP contribution in [0.3, 0.4) is 0 Å². The van der Waals surface area contributed by atoms with Gasteiger partial charge in [0, 0.05) is 16.8 Å². The molecule has 0 fully saturated rings. The van der Waals surface area contributed by atoms with E-state index in [-0.39, 0.29) is 0 Å². The molecule has 77 heavy (non-hydrogen) atoms. The molecule has 0 saturated carbocycles. The van der Waals surface area contributed by atoms with E-state index in [1.165, 1.54) is 130 Å². The zero-order valence-corrected chi connectivity index (χ0v) is 42.4. The molecule has 16 rings (SSSR count). The maximum Gasteiger partial charge on any atom is 0.118 e. The summed E-state index contributed by atoms with van der Waals surface area (Å²) in [5, 5.41) is 22.8. The first-order valence-electron chi connectivity index (χ1n) is 26.5. The number of hydrogen-bond donors (Lipinski definition) is 0. The standard InChI is InChI=1S/C74H47NO2/c1-76-53-34-26-49(27-35-53)66-71-60-21-11-20-59-64(75(51-30-22-46(23-31-51)44-12-5-3-6-13-44)52-32-24-47(25-33-52)45-14-7-4-8-15-45)43-42-61(68(59)60)72(71)67(50-28-36-54(77-2)37-29-50)74-63-41-39-58-56-19-10-17-48-16-9-18-55(65(48)56)57-38-40-62(73(66)74)70(63)69(57)58/h3-43H,1-2H3. The molecule has 0 spiro atoms. The normalized spacial score (nSPS) is 12.0. The molecule has 0 aliphatic heterocycles. The second kappa shape index (κ2) is 16.8. The topological polar surface area (TPSA) is 21.7 Å². The summed E-state index contributed by atoms with van der Waals surface area (Å²) in [5.41, 5.74) is 12.8. The van der Waals surface area contributed by atoms with Gasteiger partial charge in [0.2, 0.25) is 0 Å². The van der Waals surface area contributed by atoms with E-state index in [0.717, 1.165) is 39.7 Å². The average molecular weight is 982 g/mol. The van der Waals surface area contributed by atoms with Crippen molar-refractivity contribution < 1.29 is 9.47 Å². The molecule has 0 unspecified atom stereocenters. The Balaban J connectivity index is 1.04. The van der Waals surface area contributed by atoms with Gasteiger partial charge in [-0.05, 0) is 191 Å². The molecule has 0 heterocycles. The fourth-order valence-electron chi connectivity index (χ4n) is 13.4. The van der Waals surface area contributed by atoms with Gasteiger partial charge >= 0.3 is 0 Å². The number of nitrogens with zero attached hydrogens (tertiary/aromatic N) is 1. The highest BCUT2D eigenvalue weighted by molar-refractivity contribution is 6.49. The Morgan fingerprint density at radius 3 is 1.06 bits per heavy atom. The van der Waals surface area contributed by atoms with Crippen LogP contribution in [0.15, 0.2) is 249 Å². The van der Waals surface area contributed by atoms with Crippen molar-refractivity contribution in [3.8, 4) is 56.0 Å². The monoisotopic (exact) mass is 981 g/mol. The summed E-state index contributed by atoms with van der Waals surface area (Å²) in [6.07, 6.45) is 0. The lowest BCUT2D eigenvalue weighted by molar-refractivity contribution is 0.415. The number of hydrogen-bond acceptors (Lipinski definition) is 3. The third-order valence-electron chi connectivity index (χ3n) is 16.7. The fourth-order valence-corrected chi connectivity index (χ4v) is 13.4. The molecule has 3 heteroatoms. The maximum absolute atomic E-state index is 5.83. The molecule has 16 aromatic carbocycles. The van der Waals surface area contributed by atoms with Crippen LogP contribution in [0.5, 0.6) is 11.5 Å². The molecule has 0 saturated heterocycles. The van der Waals surface area contributed by atoms with Crippen molar-refractivity contribution in [2.75, 3.05) is 19.1 Å². The summed E-state index contributed by atoms with van der Waals surface area (Å²) >= 11 is 0. The quantitative estimate of drug-likeness (QED) is 0.106. The minimum atomic E-state index is 0.829. The molecule has 0 amide bonds. The van der Waals surface area contributed by atoms with Crippen LogP contribution in [-0.2, 0) is 0 Å². The first-order valence-corrected chi connectivity index (χ1v) is 26.5. The molecule has 0 aliphatic carbocycles. The lowest BCUT2D eigenvalue weighted by Crippen LogP contribution is -2.10. The number of methoxy groups -OCH3 is 2. The van der Waals surface area contributed by atoms with Crippen molar-refractivity contribution in [2.45, 2.75) is 0 Å². The Hall–Kier alpha value is -9.96. The summed E-state index contributed by atoms with van der Waals surface area (Å²) in [6, 6.07) is 91.8. The zero-order valence-electron chi connectivity index (χ0n) is 42.4. The van der Waals surface area contributed by atoms with Crippen molar-refractivity contribution in [1.82, 2.24) is 0 Å². The SMILES string of the molecule is COc1ccc(-c2c3c4cccc5c(N(c6ccc(-c7ccccc7)cc6)c6ccc(-c7ccccc7)cc6)ccc(c3c(-c3ccc(OC)cc3)c3c6ccc7c8cccc9cccc(c%10ccc(c23)c6c%107)c98)c54)cc1. The summed E-state index contributed by atoms with van der Waals surface area (Å²) in [4.78, 5) is 2.44. The lowest BCUT2D eigenvalue weighted by Gasteiger charge is -2.27. The van der Waals surface area contributed by atoms with E-state index in [9.17, 15) is 0 Å². The highest BCUT2D eigenvalue weighted by Crippen LogP contribution is 2.58. The van der Waals surface area contributed by atoms with E-state index in [1.807, 2.05) is 0 Å². The molecular weight excluding hydrogens is 935 g/mol. The smallest absolute Gasteiger partial charge is 0.118 e. The summed E-state index contributed by atoms with van der Waals surface area (Å²) < 4.78 is 11.7. The highest BCUT2D eigenvalue weighted by Gasteiger charge is 2.30. The van der Waals surface area contributed by atoms with E-state index in [2.05, 4.69) is 254 Å². The molecule has 0 radical (unpaired) electrons. The second-order valence-corrected chi connectivity index (χ2v) is 20.5. The number of ether oxygens (including phenoxy) is 2. The van der Waals surface area contributed by atoms with Crippen LogP contribution >= 0.6 is 0 Å². The molecule has 360 valence electrons. The number of fused-ring (bicyclic) bond motifs is 8. The van der Waals surface area contributed by atoms with Crippen molar-refractivity contribution in [2.24, 2.45) is 0 Å². The predicted molar refractivity (Wildman–Crippen MR) is 327 cm³/mol. The van der Waals surface area contributed by atoms with Gasteiger partial charge in [0.15, 0.2) is 0 Å². The Kier molecular flexibility index (Phi) is 9.47. The van der Waals surface area contributed by atoms with Crippen molar-refractivity contribution >= 4 is 114 Å². The van der Waals surface area contributed by atoms with Gasteiger partial charge in [-0.2, -0.15) is 0 Å². The van der Waals surface area contributed by atoms with Crippen LogP contribution in [0.1, 0.15) is 0 Å². The van der Waals surface area contributed by atoms with E-state index in [1.54, 1.807) is 14.2 Å². The van der Waals surface area contributed by atoms with Crippen LogP contribution in [-0.4, -0.2) is 14.2 Å².